The van der Waals surface area contributed by atoms with E-state index in [1.165, 1.54) is 5.56 Å². The Labute approximate surface area is 212 Å². The van der Waals surface area contributed by atoms with Crippen molar-refractivity contribution in [2.75, 3.05) is 19.8 Å². The van der Waals surface area contributed by atoms with Gasteiger partial charge in [-0.05, 0) is 80.3 Å². The summed E-state index contributed by atoms with van der Waals surface area (Å²) in [4.78, 5) is 23.3. The molecule has 1 unspecified atom stereocenters. The highest BCUT2D eigenvalue weighted by Gasteiger charge is 2.24. The molecule has 5 rings (SSSR count). The third-order valence-electron chi connectivity index (χ3n) is 6.94. The topological polar surface area (TPSA) is 67.5 Å². The highest BCUT2D eigenvalue weighted by molar-refractivity contribution is 5.99. The van der Waals surface area contributed by atoms with E-state index in [9.17, 15) is 4.79 Å². The molecule has 6 heteroatoms. The van der Waals surface area contributed by atoms with Gasteiger partial charge in [-0.2, -0.15) is 0 Å². The quantitative estimate of drug-likeness (QED) is 0.335. The SMILES string of the molecule is Cc1[nH]c2ccc(C(=O)N(Cc3ccc(OCCc4ccccn4)cc3)CC3CCCO3)cc2c1C. The monoisotopic (exact) mass is 483 g/mol. The second-order valence-corrected chi connectivity index (χ2v) is 9.52. The van der Waals surface area contributed by atoms with E-state index in [1.807, 2.05) is 65.6 Å². The average molecular weight is 484 g/mol. The predicted octanol–water partition coefficient (Wildman–Crippen LogP) is 5.62. The van der Waals surface area contributed by atoms with Crippen molar-refractivity contribution in [3.63, 3.8) is 0 Å². The largest absolute Gasteiger partial charge is 0.493 e. The summed E-state index contributed by atoms with van der Waals surface area (Å²) < 4.78 is 11.8. The lowest BCUT2D eigenvalue weighted by Crippen LogP contribution is -2.37. The van der Waals surface area contributed by atoms with Crippen LogP contribution in [0.4, 0.5) is 0 Å². The molecule has 2 aromatic heterocycles. The van der Waals surface area contributed by atoms with Crippen molar-refractivity contribution in [3.05, 3.63) is 94.9 Å². The molecule has 1 aliphatic rings. The maximum atomic E-state index is 13.7. The molecule has 1 aliphatic heterocycles. The number of ether oxygens (including phenoxy) is 2. The van der Waals surface area contributed by atoms with Gasteiger partial charge in [0, 0.05) is 60.2 Å². The van der Waals surface area contributed by atoms with Crippen LogP contribution in [0.1, 0.15) is 45.7 Å². The number of nitrogens with one attached hydrogen (secondary N) is 1. The normalized spacial score (nSPS) is 15.3. The third-order valence-corrected chi connectivity index (χ3v) is 6.94. The summed E-state index contributed by atoms with van der Waals surface area (Å²) in [6, 6.07) is 19.9. The van der Waals surface area contributed by atoms with Crippen LogP contribution in [0.2, 0.25) is 0 Å². The van der Waals surface area contributed by atoms with E-state index in [0.717, 1.165) is 59.5 Å². The van der Waals surface area contributed by atoms with Crippen molar-refractivity contribution >= 4 is 16.8 Å². The summed E-state index contributed by atoms with van der Waals surface area (Å²) in [6.45, 7) is 6.60. The minimum Gasteiger partial charge on any atom is -0.493 e. The van der Waals surface area contributed by atoms with Gasteiger partial charge in [0.15, 0.2) is 0 Å². The maximum Gasteiger partial charge on any atom is 0.254 e. The van der Waals surface area contributed by atoms with Crippen LogP contribution < -0.4 is 4.74 Å². The van der Waals surface area contributed by atoms with E-state index < -0.39 is 0 Å². The summed E-state index contributed by atoms with van der Waals surface area (Å²) in [5.74, 6) is 0.844. The smallest absolute Gasteiger partial charge is 0.254 e. The lowest BCUT2D eigenvalue weighted by atomic mass is 10.1. The molecule has 36 heavy (non-hydrogen) atoms. The van der Waals surface area contributed by atoms with Crippen molar-refractivity contribution in [2.24, 2.45) is 0 Å². The number of nitrogens with zero attached hydrogens (tertiary/aromatic N) is 2. The summed E-state index contributed by atoms with van der Waals surface area (Å²) in [7, 11) is 0. The van der Waals surface area contributed by atoms with Crippen molar-refractivity contribution in [1.82, 2.24) is 14.9 Å². The molecule has 0 aliphatic carbocycles. The number of benzene rings is 2. The summed E-state index contributed by atoms with van der Waals surface area (Å²) in [5, 5.41) is 1.10. The van der Waals surface area contributed by atoms with Crippen LogP contribution in [0.3, 0.4) is 0 Å². The molecule has 1 saturated heterocycles. The van der Waals surface area contributed by atoms with Gasteiger partial charge in [-0.1, -0.05) is 18.2 Å². The third kappa shape index (κ3) is 5.60. The zero-order chi connectivity index (χ0) is 24.9. The standard InChI is InChI=1S/C30H33N3O3/c1-21-22(2)32-29-13-10-24(18-28(21)29)30(34)33(20-27-7-5-16-35-27)19-23-8-11-26(12-9-23)36-17-14-25-6-3-4-15-31-25/h3-4,6,8-13,15,18,27,32H,5,7,14,16-17,19-20H2,1-2H3. The number of fused-ring (bicyclic) bond motifs is 1. The number of amides is 1. The number of hydrogen-bond donors (Lipinski definition) is 1. The lowest BCUT2D eigenvalue weighted by Gasteiger charge is -2.26. The Morgan fingerprint density at radius 3 is 2.75 bits per heavy atom. The molecule has 0 radical (unpaired) electrons. The second kappa shape index (κ2) is 11.0. The van der Waals surface area contributed by atoms with Crippen LogP contribution in [0.15, 0.2) is 66.9 Å². The van der Waals surface area contributed by atoms with Gasteiger partial charge in [-0.25, -0.2) is 0 Å². The number of pyridine rings is 1. The molecule has 1 N–H and O–H groups in total. The molecule has 6 nitrogen and oxygen atoms in total. The zero-order valence-electron chi connectivity index (χ0n) is 21.0. The highest BCUT2D eigenvalue weighted by Crippen LogP contribution is 2.24. The van der Waals surface area contributed by atoms with Gasteiger partial charge < -0.3 is 19.4 Å². The Bertz CT molecular complexity index is 1310. The molecule has 3 heterocycles. The number of H-pyrrole nitrogens is 1. The summed E-state index contributed by atoms with van der Waals surface area (Å²) >= 11 is 0. The molecule has 1 fully saturated rings. The van der Waals surface area contributed by atoms with Crippen molar-refractivity contribution in [2.45, 2.75) is 45.8 Å². The second-order valence-electron chi connectivity index (χ2n) is 9.52. The number of hydrogen-bond acceptors (Lipinski definition) is 4. The molecular weight excluding hydrogens is 450 g/mol. The molecule has 4 aromatic rings. The molecule has 0 spiro atoms. The molecule has 0 saturated carbocycles. The number of carbonyl (C=O) groups excluding carboxylic acids is 1. The first-order chi connectivity index (χ1) is 17.6. The minimum atomic E-state index is 0.0290. The van der Waals surface area contributed by atoms with Crippen LogP contribution in [-0.2, 0) is 17.7 Å². The van der Waals surface area contributed by atoms with Crippen LogP contribution >= 0.6 is 0 Å². The van der Waals surface area contributed by atoms with E-state index >= 15 is 0 Å². The van der Waals surface area contributed by atoms with Gasteiger partial charge in [0.1, 0.15) is 5.75 Å². The van der Waals surface area contributed by atoms with Gasteiger partial charge in [-0.15, -0.1) is 0 Å². The van der Waals surface area contributed by atoms with Crippen LogP contribution in [0, 0.1) is 13.8 Å². The Kier molecular flexibility index (Phi) is 7.33. The number of rotatable bonds is 9. The van der Waals surface area contributed by atoms with E-state index in [0.29, 0.717) is 25.3 Å². The van der Waals surface area contributed by atoms with Crippen molar-refractivity contribution in [3.8, 4) is 5.75 Å². The van der Waals surface area contributed by atoms with Crippen LogP contribution in [0.25, 0.3) is 10.9 Å². The molecule has 1 amide bonds. The molecule has 2 aromatic carbocycles. The first-order valence-corrected chi connectivity index (χ1v) is 12.7. The van der Waals surface area contributed by atoms with Crippen LogP contribution in [0.5, 0.6) is 5.75 Å². The Morgan fingerprint density at radius 1 is 1.14 bits per heavy atom. The first-order valence-electron chi connectivity index (χ1n) is 12.7. The van der Waals surface area contributed by atoms with Gasteiger partial charge in [0.2, 0.25) is 0 Å². The van der Waals surface area contributed by atoms with Crippen molar-refractivity contribution < 1.29 is 14.3 Å². The van der Waals surface area contributed by atoms with E-state index in [-0.39, 0.29) is 12.0 Å². The molecule has 1 atom stereocenters. The number of aromatic amines is 1. The van der Waals surface area contributed by atoms with Gasteiger partial charge in [0.25, 0.3) is 5.91 Å². The Balaban J connectivity index is 1.28. The fraction of sp³-hybridized carbons (Fsp3) is 0.333. The zero-order valence-corrected chi connectivity index (χ0v) is 21.0. The lowest BCUT2D eigenvalue weighted by molar-refractivity contribution is 0.0507. The predicted molar refractivity (Wildman–Crippen MR) is 141 cm³/mol. The number of aryl methyl sites for hydroxylation is 2. The van der Waals surface area contributed by atoms with Gasteiger partial charge in [0.05, 0.1) is 12.7 Å². The Morgan fingerprint density at radius 2 is 2.00 bits per heavy atom. The van der Waals surface area contributed by atoms with E-state index in [2.05, 4.69) is 23.8 Å². The molecule has 186 valence electrons. The van der Waals surface area contributed by atoms with Gasteiger partial charge in [-0.3, -0.25) is 9.78 Å². The first kappa shape index (κ1) is 24.1. The average Bonchev–Trinajstić information content (AvgIpc) is 3.52. The fourth-order valence-electron chi connectivity index (χ4n) is 4.76. The molecular formula is C30H33N3O3. The summed E-state index contributed by atoms with van der Waals surface area (Å²) in [5.41, 5.74) is 6.16. The van der Waals surface area contributed by atoms with E-state index in [1.54, 1.807) is 6.20 Å². The number of aromatic nitrogens is 2. The fourth-order valence-corrected chi connectivity index (χ4v) is 4.76. The maximum absolute atomic E-state index is 13.7. The van der Waals surface area contributed by atoms with Gasteiger partial charge >= 0.3 is 0 Å². The highest BCUT2D eigenvalue weighted by atomic mass is 16.5. The summed E-state index contributed by atoms with van der Waals surface area (Å²) in [6.07, 6.45) is 4.68. The Hall–Kier alpha value is -3.64. The minimum absolute atomic E-state index is 0.0290. The number of carbonyl (C=O) groups is 1. The molecule has 0 bridgehead atoms. The van der Waals surface area contributed by atoms with Crippen LogP contribution in [-0.4, -0.2) is 46.6 Å². The van der Waals surface area contributed by atoms with Crippen molar-refractivity contribution in [1.29, 1.82) is 0 Å². The van der Waals surface area contributed by atoms with E-state index in [4.69, 9.17) is 9.47 Å².